The molecule has 20 heavy (non-hydrogen) atoms. The standard InChI is InChI=1S/C15H23N3O2/c1-5-17-6-8-18(9-7-17)15(20)14-10(2)13(12(4)19)11(3)16-14/h16H,5-9H2,1-4H3. The molecule has 1 amide bonds. The number of aromatic amines is 1. The highest BCUT2D eigenvalue weighted by Crippen LogP contribution is 2.20. The van der Waals surface area contributed by atoms with Gasteiger partial charge in [-0.25, -0.2) is 0 Å². The number of piperazine rings is 1. The highest BCUT2D eigenvalue weighted by atomic mass is 16.2. The Morgan fingerprint density at radius 2 is 1.75 bits per heavy atom. The van der Waals surface area contributed by atoms with Crippen molar-refractivity contribution in [3.63, 3.8) is 0 Å². The Balaban J connectivity index is 2.18. The first-order valence-electron chi connectivity index (χ1n) is 7.17. The molecule has 2 rings (SSSR count). The molecule has 1 aromatic rings. The molecule has 1 saturated heterocycles. The van der Waals surface area contributed by atoms with Crippen molar-refractivity contribution in [2.24, 2.45) is 0 Å². The highest BCUT2D eigenvalue weighted by molar-refractivity contribution is 6.02. The molecule has 1 N–H and O–H groups in total. The predicted molar refractivity (Wildman–Crippen MR) is 78.3 cm³/mol. The second-order valence-corrected chi connectivity index (χ2v) is 5.41. The number of hydrogen-bond donors (Lipinski definition) is 1. The number of Topliss-reactive ketones (excluding diaryl/α,β-unsaturated/α-hetero) is 1. The summed E-state index contributed by atoms with van der Waals surface area (Å²) in [6.45, 7) is 11.7. The van der Waals surface area contributed by atoms with E-state index in [-0.39, 0.29) is 11.7 Å². The van der Waals surface area contributed by atoms with Crippen LogP contribution in [0.4, 0.5) is 0 Å². The minimum atomic E-state index is 0.00565. The second kappa shape index (κ2) is 5.79. The Morgan fingerprint density at radius 3 is 2.20 bits per heavy atom. The molecule has 1 aliphatic heterocycles. The van der Waals surface area contributed by atoms with Crippen LogP contribution in [0.25, 0.3) is 0 Å². The molecule has 5 nitrogen and oxygen atoms in total. The molecule has 0 saturated carbocycles. The number of nitrogens with one attached hydrogen (secondary N) is 1. The number of amides is 1. The van der Waals surface area contributed by atoms with Gasteiger partial charge >= 0.3 is 0 Å². The molecule has 0 bridgehead atoms. The molecule has 0 atom stereocenters. The van der Waals surface area contributed by atoms with Crippen molar-refractivity contribution in [3.8, 4) is 0 Å². The fourth-order valence-corrected chi connectivity index (χ4v) is 2.92. The number of H-pyrrole nitrogens is 1. The van der Waals surface area contributed by atoms with Gasteiger partial charge in [0.1, 0.15) is 5.69 Å². The van der Waals surface area contributed by atoms with Crippen LogP contribution < -0.4 is 0 Å². The van der Waals surface area contributed by atoms with Crippen LogP contribution in [0.15, 0.2) is 0 Å². The van der Waals surface area contributed by atoms with E-state index < -0.39 is 0 Å². The first-order valence-corrected chi connectivity index (χ1v) is 7.17. The molecule has 1 aliphatic rings. The minimum absolute atomic E-state index is 0.00565. The van der Waals surface area contributed by atoms with Crippen LogP contribution in [0, 0.1) is 13.8 Å². The van der Waals surface area contributed by atoms with Gasteiger partial charge in [-0.1, -0.05) is 6.92 Å². The molecular weight excluding hydrogens is 254 g/mol. The molecule has 5 heteroatoms. The van der Waals surface area contributed by atoms with E-state index in [1.807, 2.05) is 18.7 Å². The van der Waals surface area contributed by atoms with Crippen LogP contribution >= 0.6 is 0 Å². The van der Waals surface area contributed by atoms with Gasteiger partial charge < -0.3 is 14.8 Å². The van der Waals surface area contributed by atoms with Gasteiger partial charge in [0.2, 0.25) is 0 Å². The topological polar surface area (TPSA) is 56.4 Å². The zero-order valence-corrected chi connectivity index (χ0v) is 12.7. The minimum Gasteiger partial charge on any atom is -0.354 e. The number of nitrogens with zero attached hydrogens (tertiary/aromatic N) is 2. The van der Waals surface area contributed by atoms with Crippen LogP contribution in [0.5, 0.6) is 0 Å². The molecular formula is C15H23N3O2. The maximum absolute atomic E-state index is 12.6. The van der Waals surface area contributed by atoms with Crippen LogP contribution in [0.1, 0.15) is 46.0 Å². The van der Waals surface area contributed by atoms with Gasteiger partial charge in [0.25, 0.3) is 5.91 Å². The van der Waals surface area contributed by atoms with E-state index >= 15 is 0 Å². The molecule has 1 aromatic heterocycles. The van der Waals surface area contributed by atoms with Crippen LogP contribution in [-0.2, 0) is 0 Å². The maximum Gasteiger partial charge on any atom is 0.270 e. The number of ketones is 1. The van der Waals surface area contributed by atoms with Crippen molar-refractivity contribution in [1.29, 1.82) is 0 Å². The normalized spacial score (nSPS) is 16.5. The van der Waals surface area contributed by atoms with Crippen molar-refractivity contribution < 1.29 is 9.59 Å². The predicted octanol–water partition coefficient (Wildman–Crippen LogP) is 1.61. The highest BCUT2D eigenvalue weighted by Gasteiger charge is 2.26. The monoisotopic (exact) mass is 277 g/mol. The van der Waals surface area contributed by atoms with Gasteiger partial charge in [0.05, 0.1) is 0 Å². The lowest BCUT2D eigenvalue weighted by Crippen LogP contribution is -2.48. The fourth-order valence-electron chi connectivity index (χ4n) is 2.92. The van der Waals surface area contributed by atoms with E-state index in [1.54, 1.807) is 0 Å². The van der Waals surface area contributed by atoms with E-state index in [0.29, 0.717) is 11.3 Å². The van der Waals surface area contributed by atoms with Crippen LogP contribution in [0.3, 0.4) is 0 Å². The van der Waals surface area contributed by atoms with Gasteiger partial charge in [-0.2, -0.15) is 0 Å². The number of hydrogen-bond acceptors (Lipinski definition) is 3. The summed E-state index contributed by atoms with van der Waals surface area (Å²) in [5.74, 6) is 0.0138. The summed E-state index contributed by atoms with van der Waals surface area (Å²) < 4.78 is 0. The molecule has 0 spiro atoms. The SMILES string of the molecule is CCN1CCN(C(=O)c2[nH]c(C)c(C(C)=O)c2C)CC1. The van der Waals surface area contributed by atoms with E-state index in [1.165, 1.54) is 6.92 Å². The first kappa shape index (κ1) is 14.8. The third-order valence-corrected chi connectivity index (χ3v) is 4.11. The van der Waals surface area contributed by atoms with E-state index in [2.05, 4.69) is 16.8 Å². The van der Waals surface area contributed by atoms with Gasteiger partial charge in [-0.3, -0.25) is 9.59 Å². The molecule has 0 aliphatic carbocycles. The smallest absolute Gasteiger partial charge is 0.270 e. The average Bonchev–Trinajstić information content (AvgIpc) is 2.73. The fraction of sp³-hybridized carbons (Fsp3) is 0.600. The Bertz CT molecular complexity index is 525. The first-order chi connectivity index (χ1) is 9.45. The van der Waals surface area contributed by atoms with E-state index in [9.17, 15) is 9.59 Å². The summed E-state index contributed by atoms with van der Waals surface area (Å²) in [6, 6.07) is 0. The lowest BCUT2D eigenvalue weighted by atomic mass is 10.1. The number of likely N-dealkylation sites (N-methyl/N-ethyl adjacent to an activating group) is 1. The number of aryl methyl sites for hydroxylation is 1. The zero-order valence-electron chi connectivity index (χ0n) is 12.7. The summed E-state index contributed by atoms with van der Waals surface area (Å²) in [5.41, 5.74) is 2.78. The quantitative estimate of drug-likeness (QED) is 0.854. The van der Waals surface area contributed by atoms with Gasteiger partial charge in [0, 0.05) is 37.4 Å². The van der Waals surface area contributed by atoms with Crippen molar-refractivity contribution in [2.75, 3.05) is 32.7 Å². The lowest BCUT2D eigenvalue weighted by molar-refractivity contribution is 0.0637. The summed E-state index contributed by atoms with van der Waals surface area (Å²) in [5, 5.41) is 0. The maximum atomic E-state index is 12.6. The molecule has 2 heterocycles. The van der Waals surface area contributed by atoms with Crippen molar-refractivity contribution in [2.45, 2.75) is 27.7 Å². The Hall–Kier alpha value is -1.62. The number of rotatable bonds is 3. The third kappa shape index (κ3) is 2.63. The van der Waals surface area contributed by atoms with Gasteiger partial charge in [-0.05, 0) is 32.9 Å². The summed E-state index contributed by atoms with van der Waals surface area (Å²) in [4.78, 5) is 31.5. The van der Waals surface area contributed by atoms with E-state index in [4.69, 9.17) is 0 Å². The number of aromatic nitrogens is 1. The van der Waals surface area contributed by atoms with Crippen molar-refractivity contribution >= 4 is 11.7 Å². The lowest BCUT2D eigenvalue weighted by Gasteiger charge is -2.33. The Labute approximate surface area is 119 Å². The van der Waals surface area contributed by atoms with Gasteiger partial charge in [-0.15, -0.1) is 0 Å². The largest absolute Gasteiger partial charge is 0.354 e. The summed E-state index contributed by atoms with van der Waals surface area (Å²) in [6.07, 6.45) is 0. The molecule has 0 aromatic carbocycles. The van der Waals surface area contributed by atoms with Crippen LogP contribution in [0.2, 0.25) is 0 Å². The molecule has 0 unspecified atom stereocenters. The number of carbonyl (C=O) groups is 2. The van der Waals surface area contributed by atoms with Crippen molar-refractivity contribution in [3.05, 3.63) is 22.5 Å². The Kier molecular flexibility index (Phi) is 4.28. The third-order valence-electron chi connectivity index (χ3n) is 4.11. The average molecular weight is 277 g/mol. The molecule has 110 valence electrons. The zero-order chi connectivity index (χ0) is 14.9. The molecule has 1 fully saturated rings. The van der Waals surface area contributed by atoms with Gasteiger partial charge in [0.15, 0.2) is 5.78 Å². The molecule has 0 radical (unpaired) electrons. The van der Waals surface area contributed by atoms with E-state index in [0.717, 1.165) is 44.0 Å². The summed E-state index contributed by atoms with van der Waals surface area (Å²) >= 11 is 0. The summed E-state index contributed by atoms with van der Waals surface area (Å²) in [7, 11) is 0. The number of carbonyl (C=O) groups excluding carboxylic acids is 2. The Morgan fingerprint density at radius 1 is 1.15 bits per heavy atom. The second-order valence-electron chi connectivity index (χ2n) is 5.41. The van der Waals surface area contributed by atoms with Crippen molar-refractivity contribution in [1.82, 2.24) is 14.8 Å². The van der Waals surface area contributed by atoms with Crippen LogP contribution in [-0.4, -0.2) is 59.2 Å².